The third-order valence-electron chi connectivity index (χ3n) is 6.06. The standard InChI is InChI=1S/C26H24FN7O4/c1-3-37-22-10-15(4-5-17(22)25-32-26(35)38-33-25)20-12-23(31-14-30-20)29-8-9-34-16(13-28)11-18-21(36-2)7-6-19(27)24(18)34/h4-7,10-12,14,25,33H,3,8-9H2,1-2H3,(H,32,35)(H,29,30,31). The smallest absolute Gasteiger partial charge is 0.427 e. The van der Waals surface area contributed by atoms with E-state index in [9.17, 15) is 14.4 Å². The minimum Gasteiger partial charge on any atom is -0.496 e. The number of nitriles is 1. The second-order valence-corrected chi connectivity index (χ2v) is 8.29. The number of rotatable bonds is 9. The Labute approximate surface area is 217 Å². The van der Waals surface area contributed by atoms with Gasteiger partial charge in [-0.3, -0.25) is 5.32 Å². The number of nitrogens with one attached hydrogen (secondary N) is 3. The molecule has 1 saturated heterocycles. The first kappa shape index (κ1) is 24.8. The maximum atomic E-state index is 14.7. The lowest BCUT2D eigenvalue weighted by atomic mass is 10.1. The van der Waals surface area contributed by atoms with Gasteiger partial charge in [0.05, 0.1) is 24.9 Å². The summed E-state index contributed by atoms with van der Waals surface area (Å²) in [6, 6.07) is 13.9. The number of halogens is 1. The van der Waals surface area contributed by atoms with Crippen molar-refractivity contribution in [1.29, 1.82) is 5.26 Å². The lowest BCUT2D eigenvalue weighted by Gasteiger charge is -2.16. The predicted molar refractivity (Wildman–Crippen MR) is 136 cm³/mol. The molecule has 0 spiro atoms. The van der Waals surface area contributed by atoms with Gasteiger partial charge in [-0.2, -0.15) is 5.26 Å². The fourth-order valence-electron chi connectivity index (χ4n) is 4.37. The average molecular weight is 518 g/mol. The summed E-state index contributed by atoms with van der Waals surface area (Å²) in [5, 5.41) is 16.0. The minimum atomic E-state index is -0.565. The fraction of sp³-hybridized carbons (Fsp3) is 0.231. The van der Waals surface area contributed by atoms with Crippen LogP contribution in [0.4, 0.5) is 15.0 Å². The van der Waals surface area contributed by atoms with Gasteiger partial charge in [0.15, 0.2) is 0 Å². The number of nitrogens with zero attached hydrogens (tertiary/aromatic N) is 4. The zero-order chi connectivity index (χ0) is 26.6. The summed E-state index contributed by atoms with van der Waals surface area (Å²) < 4.78 is 27.4. The first-order chi connectivity index (χ1) is 18.5. The molecule has 3 N–H and O–H groups in total. The summed E-state index contributed by atoms with van der Waals surface area (Å²) in [5.74, 6) is 1.20. The third-order valence-corrected chi connectivity index (χ3v) is 6.06. The monoisotopic (exact) mass is 517 g/mol. The SMILES string of the molecule is CCOc1cc(-c2cc(NCCn3c(C#N)cc4c(OC)ccc(F)c43)ncn2)ccc1C1NOC(=O)N1. The molecule has 1 atom stereocenters. The average Bonchev–Trinajstić information content (AvgIpc) is 3.53. The van der Waals surface area contributed by atoms with Gasteiger partial charge in [-0.15, -0.1) is 5.48 Å². The Hall–Kier alpha value is -4.89. The van der Waals surface area contributed by atoms with E-state index in [0.29, 0.717) is 64.9 Å². The largest absolute Gasteiger partial charge is 0.496 e. The van der Waals surface area contributed by atoms with Crippen molar-refractivity contribution in [3.05, 3.63) is 65.9 Å². The van der Waals surface area contributed by atoms with Gasteiger partial charge in [-0.05, 0) is 31.2 Å². The Morgan fingerprint density at radius 2 is 2.08 bits per heavy atom. The summed E-state index contributed by atoms with van der Waals surface area (Å²) in [6.45, 7) is 3.00. The molecule has 11 nitrogen and oxygen atoms in total. The van der Waals surface area contributed by atoms with Gasteiger partial charge in [0.2, 0.25) is 0 Å². The van der Waals surface area contributed by atoms with Crippen molar-refractivity contribution in [1.82, 2.24) is 25.3 Å². The number of aromatic nitrogens is 3. The fourth-order valence-corrected chi connectivity index (χ4v) is 4.37. The number of amides is 1. The van der Waals surface area contributed by atoms with E-state index in [1.165, 1.54) is 19.5 Å². The summed E-state index contributed by atoms with van der Waals surface area (Å²) in [5.41, 5.74) is 5.41. The summed E-state index contributed by atoms with van der Waals surface area (Å²) >= 11 is 0. The number of carbonyl (C=O) groups is 1. The number of benzene rings is 2. The highest BCUT2D eigenvalue weighted by Gasteiger charge is 2.26. The van der Waals surface area contributed by atoms with Crippen molar-refractivity contribution in [2.75, 3.05) is 25.6 Å². The van der Waals surface area contributed by atoms with E-state index in [4.69, 9.17) is 14.3 Å². The molecule has 0 bridgehead atoms. The van der Waals surface area contributed by atoms with Crippen LogP contribution in [0.25, 0.3) is 22.2 Å². The number of fused-ring (bicyclic) bond motifs is 1. The van der Waals surface area contributed by atoms with Crippen LogP contribution in [0.5, 0.6) is 11.5 Å². The molecule has 2 aromatic heterocycles. The van der Waals surface area contributed by atoms with Gasteiger partial charge in [0.1, 0.15) is 47.4 Å². The first-order valence-electron chi connectivity index (χ1n) is 11.8. The van der Waals surface area contributed by atoms with Crippen LogP contribution in [0.15, 0.2) is 48.8 Å². The van der Waals surface area contributed by atoms with Gasteiger partial charge in [0.25, 0.3) is 0 Å². The van der Waals surface area contributed by atoms with Crippen molar-refractivity contribution >= 4 is 22.8 Å². The molecule has 2 aromatic carbocycles. The maximum Gasteiger partial charge on any atom is 0.427 e. The highest BCUT2D eigenvalue weighted by molar-refractivity contribution is 5.88. The van der Waals surface area contributed by atoms with Crippen molar-refractivity contribution in [2.45, 2.75) is 19.6 Å². The van der Waals surface area contributed by atoms with E-state index in [2.05, 4.69) is 32.2 Å². The summed E-state index contributed by atoms with van der Waals surface area (Å²) in [6.07, 6.45) is 0.341. The molecule has 38 heavy (non-hydrogen) atoms. The molecule has 194 valence electrons. The zero-order valence-electron chi connectivity index (χ0n) is 20.6. The maximum absolute atomic E-state index is 14.7. The van der Waals surface area contributed by atoms with Gasteiger partial charge in [-0.1, -0.05) is 12.1 Å². The molecule has 4 aromatic rings. The summed E-state index contributed by atoms with van der Waals surface area (Å²) in [4.78, 5) is 24.9. The molecule has 1 aliphatic heterocycles. The third kappa shape index (κ3) is 4.74. The molecule has 12 heteroatoms. The number of hydrogen-bond acceptors (Lipinski definition) is 9. The molecule has 3 heterocycles. The number of anilines is 1. The molecule has 5 rings (SSSR count). The highest BCUT2D eigenvalue weighted by atomic mass is 19.1. The Kier molecular flexibility index (Phi) is 6.92. The van der Waals surface area contributed by atoms with Crippen molar-refractivity contribution in [2.24, 2.45) is 0 Å². The molecular formula is C26H24FN7O4. The number of methoxy groups -OCH3 is 1. The van der Waals surface area contributed by atoms with Crippen molar-refractivity contribution in [3.63, 3.8) is 0 Å². The predicted octanol–water partition coefficient (Wildman–Crippen LogP) is 3.87. The van der Waals surface area contributed by atoms with E-state index in [1.54, 1.807) is 22.8 Å². The second kappa shape index (κ2) is 10.6. The van der Waals surface area contributed by atoms with Crippen LogP contribution in [0.3, 0.4) is 0 Å². The normalized spacial score (nSPS) is 14.6. The van der Waals surface area contributed by atoms with Crippen LogP contribution in [0.1, 0.15) is 24.3 Å². The van der Waals surface area contributed by atoms with E-state index < -0.39 is 18.1 Å². The summed E-state index contributed by atoms with van der Waals surface area (Å²) in [7, 11) is 1.51. The van der Waals surface area contributed by atoms with Crippen LogP contribution in [0.2, 0.25) is 0 Å². The van der Waals surface area contributed by atoms with Crippen LogP contribution in [-0.4, -0.2) is 40.9 Å². The van der Waals surface area contributed by atoms with Gasteiger partial charge >= 0.3 is 6.09 Å². The lowest BCUT2D eigenvalue weighted by Crippen LogP contribution is -2.23. The molecular weight excluding hydrogens is 493 g/mol. The molecule has 0 aliphatic carbocycles. The van der Waals surface area contributed by atoms with Gasteiger partial charge in [-0.25, -0.2) is 19.2 Å². The molecule has 1 unspecified atom stereocenters. The van der Waals surface area contributed by atoms with Gasteiger partial charge in [0, 0.05) is 35.7 Å². The Bertz CT molecular complexity index is 1550. The number of carbonyl (C=O) groups excluding carboxylic acids is 1. The number of hydrogen-bond donors (Lipinski definition) is 3. The molecule has 1 fully saturated rings. The Balaban J connectivity index is 1.35. The Morgan fingerprint density at radius 3 is 2.82 bits per heavy atom. The molecule has 0 radical (unpaired) electrons. The molecule has 0 saturated carbocycles. The number of hydroxylamine groups is 1. The van der Waals surface area contributed by atoms with Crippen LogP contribution < -0.4 is 25.6 Å². The van der Waals surface area contributed by atoms with Crippen LogP contribution in [-0.2, 0) is 11.4 Å². The number of ether oxygens (including phenoxy) is 2. The van der Waals surface area contributed by atoms with E-state index in [1.807, 2.05) is 25.1 Å². The van der Waals surface area contributed by atoms with E-state index >= 15 is 0 Å². The van der Waals surface area contributed by atoms with Gasteiger partial charge < -0.3 is 24.2 Å². The quantitative estimate of drug-likeness (QED) is 0.302. The minimum absolute atomic E-state index is 0.313. The van der Waals surface area contributed by atoms with Crippen molar-refractivity contribution < 1.29 is 23.5 Å². The topological polar surface area (TPSA) is 135 Å². The van der Waals surface area contributed by atoms with E-state index in [0.717, 1.165) is 5.56 Å². The van der Waals surface area contributed by atoms with Crippen molar-refractivity contribution in [3.8, 4) is 28.8 Å². The second-order valence-electron chi connectivity index (χ2n) is 8.29. The lowest BCUT2D eigenvalue weighted by molar-refractivity contribution is 0.121. The van der Waals surface area contributed by atoms with Crippen LogP contribution >= 0.6 is 0 Å². The first-order valence-corrected chi connectivity index (χ1v) is 11.8. The molecule has 1 amide bonds. The highest BCUT2D eigenvalue weighted by Crippen LogP contribution is 2.32. The Morgan fingerprint density at radius 1 is 1.21 bits per heavy atom. The zero-order valence-corrected chi connectivity index (χ0v) is 20.6. The van der Waals surface area contributed by atoms with Crippen LogP contribution in [0, 0.1) is 17.1 Å². The van der Waals surface area contributed by atoms with E-state index in [-0.39, 0.29) is 0 Å². The molecule has 1 aliphatic rings.